The van der Waals surface area contributed by atoms with Gasteiger partial charge in [0, 0.05) is 44.7 Å². The first kappa shape index (κ1) is 16.2. The molecule has 0 aromatic carbocycles. The second-order valence-electron chi connectivity index (χ2n) is 6.85. The van der Waals surface area contributed by atoms with Crippen LogP contribution in [0.25, 0.3) is 0 Å². The number of piperazine rings is 1. The molecule has 0 aliphatic carbocycles. The monoisotopic (exact) mass is 316 g/mol. The summed E-state index contributed by atoms with van der Waals surface area (Å²) >= 11 is 0. The van der Waals surface area contributed by atoms with E-state index in [9.17, 15) is 5.26 Å². The first-order valence-electron chi connectivity index (χ1n) is 8.17. The minimum atomic E-state index is -0.203. The summed E-state index contributed by atoms with van der Waals surface area (Å²) in [7, 11) is 0. The van der Waals surface area contributed by atoms with E-state index in [0.717, 1.165) is 49.7 Å². The molecule has 0 bridgehead atoms. The number of anilines is 1. The highest BCUT2D eigenvalue weighted by Gasteiger charge is 2.29. The fourth-order valence-electron chi connectivity index (χ4n) is 3.24. The van der Waals surface area contributed by atoms with Gasteiger partial charge in [0.05, 0.1) is 30.1 Å². The molecule has 1 saturated heterocycles. The van der Waals surface area contributed by atoms with Crippen molar-refractivity contribution in [1.29, 1.82) is 5.26 Å². The van der Waals surface area contributed by atoms with Gasteiger partial charge >= 0.3 is 0 Å². The van der Waals surface area contributed by atoms with Crippen molar-refractivity contribution in [1.82, 2.24) is 9.88 Å². The third-order valence-corrected chi connectivity index (χ3v) is 4.59. The number of aliphatic hydroxyl groups excluding tert-OH is 1. The van der Waals surface area contributed by atoms with Crippen LogP contribution in [-0.4, -0.2) is 59.9 Å². The van der Waals surface area contributed by atoms with Crippen LogP contribution in [0.15, 0.2) is 6.07 Å². The molecule has 2 aliphatic heterocycles. The van der Waals surface area contributed by atoms with Gasteiger partial charge in [-0.1, -0.05) is 0 Å². The van der Waals surface area contributed by atoms with Crippen molar-refractivity contribution in [3.05, 3.63) is 22.9 Å². The highest BCUT2D eigenvalue weighted by molar-refractivity contribution is 5.56. The average molecular weight is 316 g/mol. The molecule has 1 aromatic heterocycles. The van der Waals surface area contributed by atoms with E-state index in [1.54, 1.807) is 0 Å². The number of aliphatic hydroxyl groups is 1. The fraction of sp³-hybridized carbons (Fsp3) is 0.647. The predicted octanol–water partition coefficient (Wildman–Crippen LogP) is 0.919. The van der Waals surface area contributed by atoms with Gasteiger partial charge in [0.25, 0.3) is 0 Å². The minimum absolute atomic E-state index is 0.190. The van der Waals surface area contributed by atoms with E-state index in [2.05, 4.69) is 29.7 Å². The first-order valence-corrected chi connectivity index (χ1v) is 8.17. The second-order valence-corrected chi connectivity index (χ2v) is 6.85. The van der Waals surface area contributed by atoms with Crippen molar-refractivity contribution in [3.8, 4) is 6.07 Å². The van der Waals surface area contributed by atoms with Crippen molar-refractivity contribution in [3.63, 3.8) is 0 Å². The lowest BCUT2D eigenvalue weighted by Gasteiger charge is -2.37. The van der Waals surface area contributed by atoms with E-state index in [-0.39, 0.29) is 12.2 Å². The normalized spacial score (nSPS) is 20.9. The van der Waals surface area contributed by atoms with Gasteiger partial charge in [-0.2, -0.15) is 5.26 Å². The van der Waals surface area contributed by atoms with Crippen molar-refractivity contribution >= 4 is 5.82 Å². The number of aromatic nitrogens is 1. The second kappa shape index (κ2) is 6.44. The lowest BCUT2D eigenvalue weighted by Crippen LogP contribution is -2.48. The summed E-state index contributed by atoms with van der Waals surface area (Å²) in [5.74, 6) is 0.799. The van der Waals surface area contributed by atoms with Crippen molar-refractivity contribution in [2.75, 3.05) is 44.2 Å². The van der Waals surface area contributed by atoms with Gasteiger partial charge in [-0.3, -0.25) is 4.90 Å². The summed E-state index contributed by atoms with van der Waals surface area (Å²) in [5, 5.41) is 18.5. The van der Waals surface area contributed by atoms with Crippen LogP contribution < -0.4 is 4.90 Å². The number of rotatable bonds is 3. The molecule has 0 saturated carbocycles. The molecule has 6 heteroatoms. The number of ether oxygens (including phenoxy) is 1. The van der Waals surface area contributed by atoms with E-state index in [1.165, 1.54) is 0 Å². The maximum atomic E-state index is 9.49. The van der Waals surface area contributed by atoms with Crippen LogP contribution in [0.4, 0.5) is 5.82 Å². The molecule has 124 valence electrons. The number of hydrogen-bond donors (Lipinski definition) is 1. The Labute approximate surface area is 137 Å². The van der Waals surface area contributed by atoms with Gasteiger partial charge in [-0.25, -0.2) is 4.98 Å². The van der Waals surface area contributed by atoms with Gasteiger partial charge in [0.15, 0.2) is 0 Å². The van der Waals surface area contributed by atoms with Crippen LogP contribution in [0.2, 0.25) is 0 Å². The van der Waals surface area contributed by atoms with E-state index in [0.29, 0.717) is 18.7 Å². The van der Waals surface area contributed by atoms with Crippen LogP contribution >= 0.6 is 0 Å². The number of β-amino-alcohol motifs (C(OH)–C–C–N with tert-alkyl or cyclic N) is 1. The molecule has 1 aromatic rings. The number of nitrogens with zero attached hydrogens (tertiary/aromatic N) is 4. The standard InChI is InChI=1S/C17H24N4O2/c1-17(2)10-15-14(12-23-17)9-13(11-18)16(19-15)21-5-3-20(4-6-21)7-8-22/h9,22H,3-8,10,12H2,1-2H3. The molecule has 1 N–H and O–H groups in total. The fourth-order valence-corrected chi connectivity index (χ4v) is 3.24. The molecule has 6 nitrogen and oxygen atoms in total. The van der Waals surface area contributed by atoms with Gasteiger partial charge < -0.3 is 14.7 Å². The summed E-state index contributed by atoms with van der Waals surface area (Å²) in [5.41, 5.74) is 2.50. The maximum Gasteiger partial charge on any atom is 0.146 e. The Morgan fingerprint density at radius 2 is 2.09 bits per heavy atom. The zero-order chi connectivity index (χ0) is 16.4. The Kier molecular flexibility index (Phi) is 4.53. The molecule has 2 aliphatic rings. The van der Waals surface area contributed by atoms with Gasteiger partial charge in [0.1, 0.15) is 11.9 Å². The van der Waals surface area contributed by atoms with Crippen LogP contribution in [-0.2, 0) is 17.8 Å². The van der Waals surface area contributed by atoms with E-state index >= 15 is 0 Å². The third-order valence-electron chi connectivity index (χ3n) is 4.59. The van der Waals surface area contributed by atoms with Gasteiger partial charge in [-0.05, 0) is 19.9 Å². The van der Waals surface area contributed by atoms with E-state index in [1.807, 2.05) is 6.07 Å². The minimum Gasteiger partial charge on any atom is -0.395 e. The van der Waals surface area contributed by atoms with Gasteiger partial charge in [-0.15, -0.1) is 0 Å². The molecule has 3 rings (SSSR count). The van der Waals surface area contributed by atoms with Crippen molar-refractivity contribution in [2.45, 2.75) is 32.5 Å². The van der Waals surface area contributed by atoms with E-state index < -0.39 is 0 Å². The Morgan fingerprint density at radius 3 is 2.74 bits per heavy atom. The summed E-state index contributed by atoms with van der Waals surface area (Å²) in [4.78, 5) is 9.25. The van der Waals surface area contributed by atoms with E-state index in [4.69, 9.17) is 14.8 Å². The molecule has 0 spiro atoms. The van der Waals surface area contributed by atoms with Crippen LogP contribution in [0.1, 0.15) is 30.7 Å². The van der Waals surface area contributed by atoms with Crippen LogP contribution in [0, 0.1) is 11.3 Å². The Morgan fingerprint density at radius 1 is 1.35 bits per heavy atom. The number of pyridine rings is 1. The first-order chi connectivity index (χ1) is 11.0. The quantitative estimate of drug-likeness (QED) is 0.894. The largest absolute Gasteiger partial charge is 0.395 e. The Bertz CT molecular complexity index is 616. The lowest BCUT2D eigenvalue weighted by atomic mass is 9.95. The van der Waals surface area contributed by atoms with Crippen LogP contribution in [0.5, 0.6) is 0 Å². The molecule has 0 atom stereocenters. The highest BCUT2D eigenvalue weighted by atomic mass is 16.5. The zero-order valence-electron chi connectivity index (χ0n) is 13.9. The maximum absolute atomic E-state index is 9.49. The van der Waals surface area contributed by atoms with Crippen molar-refractivity contribution in [2.24, 2.45) is 0 Å². The molecular weight excluding hydrogens is 292 g/mol. The Hall–Kier alpha value is -1.68. The molecule has 0 unspecified atom stereocenters. The molecule has 0 amide bonds. The highest BCUT2D eigenvalue weighted by Crippen LogP contribution is 2.30. The Balaban J connectivity index is 1.84. The molecule has 1 fully saturated rings. The average Bonchev–Trinajstić information content (AvgIpc) is 2.54. The molecule has 23 heavy (non-hydrogen) atoms. The van der Waals surface area contributed by atoms with Gasteiger partial charge in [0.2, 0.25) is 0 Å². The number of nitriles is 1. The number of fused-ring (bicyclic) bond motifs is 1. The lowest BCUT2D eigenvalue weighted by molar-refractivity contribution is -0.0412. The predicted molar refractivity (Wildman–Crippen MR) is 87.3 cm³/mol. The molecule has 0 radical (unpaired) electrons. The SMILES string of the molecule is CC1(C)Cc2nc(N3CCN(CCO)CC3)c(C#N)cc2CO1. The van der Waals surface area contributed by atoms with Crippen LogP contribution in [0.3, 0.4) is 0 Å². The summed E-state index contributed by atoms with van der Waals surface area (Å²) < 4.78 is 5.82. The number of hydrogen-bond acceptors (Lipinski definition) is 6. The zero-order valence-corrected chi connectivity index (χ0v) is 13.9. The molecule has 3 heterocycles. The topological polar surface area (TPSA) is 72.6 Å². The van der Waals surface area contributed by atoms with Crippen molar-refractivity contribution < 1.29 is 9.84 Å². The molecular formula is C17H24N4O2. The summed E-state index contributed by atoms with van der Waals surface area (Å²) in [6, 6.07) is 4.22. The summed E-state index contributed by atoms with van der Waals surface area (Å²) in [6.07, 6.45) is 0.769. The smallest absolute Gasteiger partial charge is 0.146 e. The summed E-state index contributed by atoms with van der Waals surface area (Å²) in [6.45, 7) is 9.01. The third kappa shape index (κ3) is 3.47.